The van der Waals surface area contributed by atoms with Gasteiger partial charge in [-0.15, -0.1) is 0 Å². The van der Waals surface area contributed by atoms with Gasteiger partial charge in [-0.25, -0.2) is 22.7 Å². The van der Waals surface area contributed by atoms with E-state index in [1.54, 1.807) is 35.1 Å². The summed E-state index contributed by atoms with van der Waals surface area (Å²) in [6, 6.07) is 6.82. The van der Waals surface area contributed by atoms with Gasteiger partial charge in [0.1, 0.15) is 11.6 Å². The Balaban J connectivity index is 1.82. The summed E-state index contributed by atoms with van der Waals surface area (Å²) in [5.74, 6) is 1.47. The van der Waals surface area contributed by atoms with Crippen molar-refractivity contribution in [1.82, 2.24) is 24.1 Å². The van der Waals surface area contributed by atoms with E-state index >= 15 is 0 Å². The van der Waals surface area contributed by atoms with Gasteiger partial charge < -0.3 is 5.32 Å². The minimum Gasteiger partial charge on any atom is -0.365 e. The lowest BCUT2D eigenvalue weighted by molar-refractivity contribution is 0.520. The summed E-state index contributed by atoms with van der Waals surface area (Å²) < 4.78 is 27.2. The average molecular weight is 374 g/mol. The summed E-state index contributed by atoms with van der Waals surface area (Å²) in [6.07, 6.45) is 2.47. The standard InChI is InChI=1S/C17H22N6O2S/c1-5-15-20-16(14-11-19-23(4)17(14)21-15)18-10-12-6-8-13(9-7-12)26(24,25)22(2)3/h6-9,11H,5,10H2,1-4H3,(H,18,20,21). The van der Waals surface area contributed by atoms with Gasteiger partial charge >= 0.3 is 0 Å². The van der Waals surface area contributed by atoms with E-state index in [9.17, 15) is 8.42 Å². The fraction of sp³-hybridized carbons (Fsp3) is 0.353. The number of aromatic nitrogens is 4. The second-order valence-electron chi connectivity index (χ2n) is 6.13. The Bertz CT molecular complexity index is 1030. The SMILES string of the molecule is CCc1nc(NCc2ccc(S(=O)(=O)N(C)C)cc2)c2cnn(C)c2n1. The number of benzene rings is 1. The highest BCUT2D eigenvalue weighted by molar-refractivity contribution is 7.89. The Labute approximate surface area is 152 Å². The second-order valence-corrected chi connectivity index (χ2v) is 8.28. The number of anilines is 1. The van der Waals surface area contributed by atoms with E-state index in [2.05, 4.69) is 20.4 Å². The van der Waals surface area contributed by atoms with E-state index in [0.29, 0.717) is 6.54 Å². The fourth-order valence-corrected chi connectivity index (χ4v) is 3.44. The molecule has 0 fully saturated rings. The number of nitrogens with zero attached hydrogens (tertiary/aromatic N) is 5. The predicted molar refractivity (Wildman–Crippen MR) is 100 cm³/mol. The van der Waals surface area contributed by atoms with Crippen molar-refractivity contribution in [3.8, 4) is 0 Å². The van der Waals surface area contributed by atoms with Crippen molar-refractivity contribution in [2.24, 2.45) is 7.05 Å². The van der Waals surface area contributed by atoms with Crippen molar-refractivity contribution in [3.05, 3.63) is 41.9 Å². The zero-order valence-corrected chi connectivity index (χ0v) is 16.1. The molecule has 138 valence electrons. The first-order valence-electron chi connectivity index (χ1n) is 8.27. The molecular weight excluding hydrogens is 352 g/mol. The van der Waals surface area contributed by atoms with Crippen LogP contribution in [0.5, 0.6) is 0 Å². The summed E-state index contributed by atoms with van der Waals surface area (Å²) in [5.41, 5.74) is 1.74. The normalized spacial score (nSPS) is 12.0. The smallest absolute Gasteiger partial charge is 0.242 e. The molecule has 0 atom stereocenters. The molecule has 0 bridgehead atoms. The minimum absolute atomic E-state index is 0.274. The van der Waals surface area contributed by atoms with Gasteiger partial charge in [0.15, 0.2) is 5.65 Å². The molecule has 2 aromatic heterocycles. The van der Waals surface area contributed by atoms with Gasteiger partial charge in [0, 0.05) is 34.1 Å². The van der Waals surface area contributed by atoms with Crippen LogP contribution in [0.15, 0.2) is 35.4 Å². The summed E-state index contributed by atoms with van der Waals surface area (Å²) in [7, 11) is 1.47. The Hall–Kier alpha value is -2.52. The molecule has 0 unspecified atom stereocenters. The van der Waals surface area contributed by atoms with Crippen molar-refractivity contribution in [2.45, 2.75) is 24.8 Å². The quantitative estimate of drug-likeness (QED) is 0.707. The van der Waals surface area contributed by atoms with Crippen LogP contribution in [0.2, 0.25) is 0 Å². The lowest BCUT2D eigenvalue weighted by Crippen LogP contribution is -2.22. The first-order chi connectivity index (χ1) is 12.3. The Morgan fingerprint density at radius 2 is 1.85 bits per heavy atom. The molecule has 26 heavy (non-hydrogen) atoms. The van der Waals surface area contributed by atoms with E-state index in [-0.39, 0.29) is 4.90 Å². The molecule has 0 aliphatic heterocycles. The Morgan fingerprint density at radius 3 is 2.46 bits per heavy atom. The van der Waals surface area contributed by atoms with Crippen molar-refractivity contribution in [3.63, 3.8) is 0 Å². The summed E-state index contributed by atoms with van der Waals surface area (Å²) in [6.45, 7) is 2.53. The van der Waals surface area contributed by atoms with Crippen LogP contribution in [0, 0.1) is 0 Å². The lowest BCUT2D eigenvalue weighted by atomic mass is 10.2. The summed E-state index contributed by atoms with van der Waals surface area (Å²) in [4.78, 5) is 9.33. The van der Waals surface area contributed by atoms with E-state index in [1.807, 2.05) is 14.0 Å². The molecule has 1 aromatic carbocycles. The van der Waals surface area contributed by atoms with E-state index in [0.717, 1.165) is 34.7 Å². The molecule has 2 heterocycles. The van der Waals surface area contributed by atoms with Gasteiger partial charge in [-0.3, -0.25) is 4.68 Å². The minimum atomic E-state index is -3.41. The highest BCUT2D eigenvalue weighted by atomic mass is 32.2. The number of fused-ring (bicyclic) bond motifs is 1. The molecule has 0 amide bonds. The van der Waals surface area contributed by atoms with Crippen LogP contribution in [0.1, 0.15) is 18.3 Å². The molecule has 0 spiro atoms. The van der Waals surface area contributed by atoms with Gasteiger partial charge in [-0.2, -0.15) is 5.10 Å². The van der Waals surface area contributed by atoms with Crippen LogP contribution >= 0.6 is 0 Å². The first kappa shape index (κ1) is 18.3. The Kier molecular flexibility index (Phi) is 4.92. The van der Waals surface area contributed by atoms with E-state index < -0.39 is 10.0 Å². The molecular formula is C17H22N6O2S. The van der Waals surface area contributed by atoms with E-state index in [4.69, 9.17) is 0 Å². The number of sulfonamides is 1. The maximum atomic E-state index is 12.1. The number of hydrogen-bond acceptors (Lipinski definition) is 6. The number of hydrogen-bond donors (Lipinski definition) is 1. The van der Waals surface area contributed by atoms with Crippen LogP contribution in [-0.4, -0.2) is 46.6 Å². The first-order valence-corrected chi connectivity index (χ1v) is 9.71. The van der Waals surface area contributed by atoms with Gasteiger partial charge in [-0.1, -0.05) is 19.1 Å². The van der Waals surface area contributed by atoms with Crippen LogP contribution in [0.25, 0.3) is 11.0 Å². The van der Waals surface area contributed by atoms with Crippen LogP contribution in [0.3, 0.4) is 0 Å². The van der Waals surface area contributed by atoms with Crippen molar-refractivity contribution < 1.29 is 8.42 Å². The van der Waals surface area contributed by atoms with Crippen LogP contribution in [-0.2, 0) is 30.0 Å². The highest BCUT2D eigenvalue weighted by Crippen LogP contribution is 2.21. The molecule has 1 N–H and O–H groups in total. The van der Waals surface area contributed by atoms with Crippen molar-refractivity contribution >= 4 is 26.9 Å². The molecule has 3 rings (SSSR count). The Morgan fingerprint density at radius 1 is 1.15 bits per heavy atom. The predicted octanol–water partition coefficient (Wildman–Crippen LogP) is 1.79. The topological polar surface area (TPSA) is 93.0 Å². The number of rotatable bonds is 6. The van der Waals surface area contributed by atoms with Crippen molar-refractivity contribution in [2.75, 3.05) is 19.4 Å². The second kappa shape index (κ2) is 7.00. The third-order valence-corrected chi connectivity index (χ3v) is 5.95. The van der Waals surface area contributed by atoms with Crippen LogP contribution in [0.4, 0.5) is 5.82 Å². The number of nitrogens with one attached hydrogen (secondary N) is 1. The molecule has 0 saturated heterocycles. The third-order valence-electron chi connectivity index (χ3n) is 4.12. The average Bonchev–Trinajstić information content (AvgIpc) is 3.01. The summed E-state index contributed by atoms with van der Waals surface area (Å²) in [5, 5.41) is 8.41. The molecule has 3 aromatic rings. The highest BCUT2D eigenvalue weighted by Gasteiger charge is 2.16. The third kappa shape index (κ3) is 3.40. The monoisotopic (exact) mass is 374 g/mol. The zero-order valence-electron chi connectivity index (χ0n) is 15.3. The largest absolute Gasteiger partial charge is 0.365 e. The maximum absolute atomic E-state index is 12.1. The van der Waals surface area contributed by atoms with Crippen molar-refractivity contribution in [1.29, 1.82) is 0 Å². The van der Waals surface area contributed by atoms with Gasteiger partial charge in [-0.05, 0) is 17.7 Å². The van der Waals surface area contributed by atoms with Crippen LogP contribution < -0.4 is 5.32 Å². The molecule has 8 nitrogen and oxygen atoms in total. The molecule has 0 radical (unpaired) electrons. The van der Waals surface area contributed by atoms with Gasteiger partial charge in [0.25, 0.3) is 0 Å². The van der Waals surface area contributed by atoms with Gasteiger partial charge in [0.2, 0.25) is 10.0 Å². The molecule has 0 aliphatic carbocycles. The zero-order chi connectivity index (χ0) is 18.9. The number of aryl methyl sites for hydroxylation is 2. The van der Waals surface area contributed by atoms with Gasteiger partial charge in [0.05, 0.1) is 16.5 Å². The molecule has 0 aliphatic rings. The van der Waals surface area contributed by atoms with E-state index in [1.165, 1.54) is 18.4 Å². The lowest BCUT2D eigenvalue weighted by Gasteiger charge is -2.12. The fourth-order valence-electron chi connectivity index (χ4n) is 2.54. The molecule has 9 heteroatoms. The molecule has 0 saturated carbocycles. The summed E-state index contributed by atoms with van der Waals surface area (Å²) >= 11 is 0. The maximum Gasteiger partial charge on any atom is 0.242 e.